The van der Waals surface area contributed by atoms with Crippen LogP contribution in [0.2, 0.25) is 8.67 Å². The molecule has 1 aromatic carbocycles. The number of halogens is 2. The van der Waals surface area contributed by atoms with Crippen molar-refractivity contribution < 1.29 is 9.59 Å². The molecule has 0 atom stereocenters. The average Bonchev–Trinajstić information content (AvgIpc) is 2.76. The number of amides is 1. The van der Waals surface area contributed by atoms with Gasteiger partial charge >= 0.3 is 0 Å². The Kier molecular flexibility index (Phi) is 5.70. The molecule has 2 aromatic rings. The Labute approximate surface area is 140 Å². The highest BCUT2D eigenvalue weighted by Crippen LogP contribution is 2.32. The van der Waals surface area contributed by atoms with E-state index in [0.717, 1.165) is 10.6 Å². The van der Waals surface area contributed by atoms with E-state index in [4.69, 9.17) is 23.2 Å². The summed E-state index contributed by atoms with van der Waals surface area (Å²) in [5.41, 5.74) is 1.19. The van der Waals surface area contributed by atoms with Gasteiger partial charge in [-0.05, 0) is 30.3 Å². The van der Waals surface area contributed by atoms with Crippen LogP contribution < -0.4 is 5.32 Å². The molecule has 21 heavy (non-hydrogen) atoms. The largest absolute Gasteiger partial charge is 0.326 e. The Balaban J connectivity index is 1.95. The van der Waals surface area contributed by atoms with Crippen LogP contribution in [0.1, 0.15) is 17.3 Å². The highest BCUT2D eigenvalue weighted by atomic mass is 35.5. The summed E-state index contributed by atoms with van der Waals surface area (Å²) in [6.45, 7) is 1.46. The molecule has 3 nitrogen and oxygen atoms in total. The number of thioether (sulfide) groups is 1. The van der Waals surface area contributed by atoms with Crippen molar-refractivity contribution in [3.05, 3.63) is 44.6 Å². The second-order valence-electron chi connectivity index (χ2n) is 4.16. The van der Waals surface area contributed by atoms with Gasteiger partial charge in [-0.1, -0.05) is 23.2 Å². The number of benzene rings is 1. The van der Waals surface area contributed by atoms with Gasteiger partial charge in [0.2, 0.25) is 5.91 Å². The standard InChI is InChI=1S/C14H11Cl2NO2S2/c1-8(18)17-9-2-4-10(5-3-9)20-7-12(19)11-6-13(15)21-14(11)16/h2-6H,7H2,1H3,(H,17,18). The van der Waals surface area contributed by atoms with Gasteiger partial charge in [0.15, 0.2) is 5.78 Å². The average molecular weight is 360 g/mol. The van der Waals surface area contributed by atoms with E-state index in [9.17, 15) is 9.59 Å². The van der Waals surface area contributed by atoms with E-state index in [1.807, 2.05) is 12.1 Å². The minimum atomic E-state index is -0.116. The Hall–Kier alpha value is -1.01. The number of ketones is 1. The van der Waals surface area contributed by atoms with Gasteiger partial charge in [-0.2, -0.15) is 0 Å². The summed E-state index contributed by atoms with van der Waals surface area (Å²) < 4.78 is 0.930. The topological polar surface area (TPSA) is 46.2 Å². The summed E-state index contributed by atoms with van der Waals surface area (Å²) in [7, 11) is 0. The first-order valence-electron chi connectivity index (χ1n) is 5.94. The van der Waals surface area contributed by atoms with Gasteiger partial charge in [-0.25, -0.2) is 0 Å². The van der Waals surface area contributed by atoms with Gasteiger partial charge in [-0.3, -0.25) is 9.59 Å². The lowest BCUT2D eigenvalue weighted by atomic mass is 10.2. The minimum absolute atomic E-state index is 0.0564. The molecule has 110 valence electrons. The summed E-state index contributed by atoms with van der Waals surface area (Å²) in [6, 6.07) is 8.89. The molecule has 1 N–H and O–H groups in total. The first-order valence-corrected chi connectivity index (χ1v) is 8.50. The molecule has 0 aliphatic carbocycles. The number of hydrogen-bond acceptors (Lipinski definition) is 4. The van der Waals surface area contributed by atoms with Gasteiger partial charge in [-0.15, -0.1) is 23.1 Å². The molecule has 0 spiro atoms. The molecular weight excluding hydrogens is 349 g/mol. The maximum Gasteiger partial charge on any atom is 0.221 e. The minimum Gasteiger partial charge on any atom is -0.326 e. The Bertz CT molecular complexity index is 668. The maximum atomic E-state index is 12.1. The highest BCUT2D eigenvalue weighted by Gasteiger charge is 2.14. The van der Waals surface area contributed by atoms with E-state index in [-0.39, 0.29) is 17.4 Å². The second-order valence-corrected chi connectivity index (χ2v) is 7.49. The fraction of sp³-hybridized carbons (Fsp3) is 0.143. The van der Waals surface area contributed by atoms with Crippen LogP contribution in [0, 0.1) is 0 Å². The molecule has 0 radical (unpaired) electrons. The number of thiophene rings is 1. The number of anilines is 1. The summed E-state index contributed by atoms with van der Waals surface area (Å²) >= 11 is 14.4. The summed E-state index contributed by atoms with van der Waals surface area (Å²) in [6.07, 6.45) is 0. The molecule has 1 amide bonds. The number of carbonyl (C=O) groups excluding carboxylic acids is 2. The third-order valence-corrected chi connectivity index (χ3v) is 5.00. The first-order chi connectivity index (χ1) is 9.95. The third kappa shape index (κ3) is 4.74. The molecule has 1 heterocycles. The zero-order chi connectivity index (χ0) is 15.4. The monoisotopic (exact) mass is 359 g/mol. The molecule has 0 aliphatic heterocycles. The first kappa shape index (κ1) is 16.4. The lowest BCUT2D eigenvalue weighted by Crippen LogP contribution is -2.05. The van der Waals surface area contributed by atoms with Crippen LogP contribution in [-0.4, -0.2) is 17.4 Å². The molecule has 2 rings (SSSR count). The van der Waals surface area contributed by atoms with Gasteiger partial charge in [0.05, 0.1) is 10.1 Å². The number of Topliss-reactive ketones (excluding diaryl/α,β-unsaturated/α-hetero) is 1. The van der Waals surface area contributed by atoms with Crippen LogP contribution in [-0.2, 0) is 4.79 Å². The Morgan fingerprint density at radius 2 is 1.90 bits per heavy atom. The molecule has 7 heteroatoms. The lowest BCUT2D eigenvalue weighted by molar-refractivity contribution is -0.114. The van der Waals surface area contributed by atoms with Crippen molar-refractivity contribution in [1.82, 2.24) is 0 Å². The van der Waals surface area contributed by atoms with E-state index in [1.54, 1.807) is 18.2 Å². The van der Waals surface area contributed by atoms with Crippen molar-refractivity contribution in [2.45, 2.75) is 11.8 Å². The van der Waals surface area contributed by atoms with Gasteiger partial charge in [0.1, 0.15) is 4.34 Å². The van der Waals surface area contributed by atoms with E-state index in [1.165, 1.54) is 30.0 Å². The normalized spacial score (nSPS) is 10.4. The van der Waals surface area contributed by atoms with Crippen molar-refractivity contribution in [3.8, 4) is 0 Å². The molecule has 0 fully saturated rings. The van der Waals surface area contributed by atoms with Crippen LogP contribution in [0.5, 0.6) is 0 Å². The van der Waals surface area contributed by atoms with Crippen molar-refractivity contribution in [2.24, 2.45) is 0 Å². The number of rotatable bonds is 5. The predicted octanol–water partition coefficient (Wildman–Crippen LogP) is 4.99. The van der Waals surface area contributed by atoms with Crippen molar-refractivity contribution in [3.63, 3.8) is 0 Å². The third-order valence-electron chi connectivity index (χ3n) is 2.50. The van der Waals surface area contributed by atoms with E-state index in [0.29, 0.717) is 14.2 Å². The molecule has 0 saturated carbocycles. The quantitative estimate of drug-likeness (QED) is 0.604. The van der Waals surface area contributed by atoms with Crippen LogP contribution >= 0.6 is 46.3 Å². The van der Waals surface area contributed by atoms with Crippen molar-refractivity contribution in [2.75, 3.05) is 11.1 Å². The van der Waals surface area contributed by atoms with Crippen molar-refractivity contribution >= 4 is 63.7 Å². The number of hydrogen-bond donors (Lipinski definition) is 1. The van der Waals surface area contributed by atoms with Crippen LogP contribution in [0.4, 0.5) is 5.69 Å². The van der Waals surface area contributed by atoms with Gasteiger partial charge < -0.3 is 5.32 Å². The van der Waals surface area contributed by atoms with Crippen LogP contribution in [0.15, 0.2) is 35.2 Å². The number of nitrogens with one attached hydrogen (secondary N) is 1. The van der Waals surface area contributed by atoms with Crippen molar-refractivity contribution in [1.29, 1.82) is 0 Å². The summed E-state index contributed by atoms with van der Waals surface area (Å²) in [5.74, 6) is 0.111. The fourth-order valence-corrected chi connectivity index (χ4v) is 3.88. The Morgan fingerprint density at radius 3 is 2.43 bits per heavy atom. The lowest BCUT2D eigenvalue weighted by Gasteiger charge is -2.04. The predicted molar refractivity (Wildman–Crippen MR) is 90.1 cm³/mol. The second kappa shape index (κ2) is 7.31. The fourth-order valence-electron chi connectivity index (χ4n) is 1.59. The van der Waals surface area contributed by atoms with Crippen LogP contribution in [0.3, 0.4) is 0 Å². The molecule has 0 saturated heterocycles. The van der Waals surface area contributed by atoms with E-state index >= 15 is 0 Å². The SMILES string of the molecule is CC(=O)Nc1ccc(SCC(=O)c2cc(Cl)sc2Cl)cc1. The smallest absolute Gasteiger partial charge is 0.221 e. The maximum absolute atomic E-state index is 12.1. The van der Waals surface area contributed by atoms with E-state index < -0.39 is 0 Å². The zero-order valence-electron chi connectivity index (χ0n) is 11.0. The molecule has 0 aliphatic rings. The molecular formula is C14H11Cl2NO2S2. The molecule has 0 bridgehead atoms. The Morgan fingerprint density at radius 1 is 1.24 bits per heavy atom. The van der Waals surface area contributed by atoms with E-state index in [2.05, 4.69) is 5.32 Å². The highest BCUT2D eigenvalue weighted by molar-refractivity contribution is 8.00. The number of carbonyl (C=O) groups is 2. The summed E-state index contributed by atoms with van der Waals surface area (Å²) in [4.78, 5) is 23.9. The molecule has 1 aromatic heterocycles. The zero-order valence-corrected chi connectivity index (χ0v) is 14.1. The van der Waals surface area contributed by atoms with Crippen LogP contribution in [0.25, 0.3) is 0 Å². The van der Waals surface area contributed by atoms with Gasteiger partial charge in [0.25, 0.3) is 0 Å². The summed E-state index contributed by atoms with van der Waals surface area (Å²) in [5, 5.41) is 2.69. The molecule has 0 unspecified atom stereocenters. The van der Waals surface area contributed by atoms with Gasteiger partial charge in [0, 0.05) is 23.1 Å².